The fraction of sp³-hybridized carbons (Fsp3) is 0.474. The zero-order chi connectivity index (χ0) is 16.4. The maximum Gasteiger partial charge on any atom is 0.231 e. The molecular formula is C19H24N2O2S. The summed E-state index contributed by atoms with van der Waals surface area (Å²) in [5.74, 6) is 1.81. The number of likely N-dealkylation sites (N-methyl/N-ethyl adjacent to an activating group) is 1. The summed E-state index contributed by atoms with van der Waals surface area (Å²) in [4.78, 5) is 4.96. The fourth-order valence-electron chi connectivity index (χ4n) is 3.45. The highest BCUT2D eigenvalue weighted by Gasteiger charge is 2.23. The number of thiophene rings is 1. The molecule has 0 spiro atoms. The molecule has 2 aliphatic heterocycles. The van der Waals surface area contributed by atoms with Gasteiger partial charge in [0.25, 0.3) is 0 Å². The molecule has 0 aliphatic carbocycles. The Hall–Kier alpha value is -1.56. The van der Waals surface area contributed by atoms with Gasteiger partial charge >= 0.3 is 0 Å². The van der Waals surface area contributed by atoms with E-state index in [4.69, 9.17) is 9.47 Å². The predicted molar refractivity (Wildman–Crippen MR) is 96.8 cm³/mol. The Morgan fingerprint density at radius 1 is 1.12 bits per heavy atom. The molecule has 0 radical (unpaired) electrons. The molecule has 3 heterocycles. The van der Waals surface area contributed by atoms with Gasteiger partial charge in [-0.1, -0.05) is 0 Å². The van der Waals surface area contributed by atoms with E-state index in [1.807, 2.05) is 0 Å². The van der Waals surface area contributed by atoms with Crippen LogP contribution in [0.1, 0.15) is 23.1 Å². The van der Waals surface area contributed by atoms with E-state index < -0.39 is 0 Å². The first-order valence-corrected chi connectivity index (χ1v) is 9.55. The first-order chi connectivity index (χ1) is 11.8. The van der Waals surface area contributed by atoms with Gasteiger partial charge in [-0.25, -0.2) is 0 Å². The van der Waals surface area contributed by atoms with E-state index in [2.05, 4.69) is 45.8 Å². The van der Waals surface area contributed by atoms with Crippen LogP contribution in [0.5, 0.6) is 11.5 Å². The second-order valence-corrected chi connectivity index (χ2v) is 7.50. The van der Waals surface area contributed by atoms with Crippen molar-refractivity contribution in [2.75, 3.05) is 33.5 Å². The van der Waals surface area contributed by atoms with E-state index in [1.165, 1.54) is 23.1 Å². The van der Waals surface area contributed by atoms with Crippen molar-refractivity contribution in [1.82, 2.24) is 9.80 Å². The van der Waals surface area contributed by atoms with E-state index in [-0.39, 0.29) is 0 Å². The highest BCUT2D eigenvalue weighted by molar-refractivity contribution is 7.07. The lowest BCUT2D eigenvalue weighted by Crippen LogP contribution is -2.26. The van der Waals surface area contributed by atoms with Gasteiger partial charge in [0, 0.05) is 26.2 Å². The average molecular weight is 344 g/mol. The van der Waals surface area contributed by atoms with Gasteiger partial charge < -0.3 is 14.4 Å². The van der Waals surface area contributed by atoms with Gasteiger partial charge in [0.05, 0.1) is 0 Å². The molecule has 0 amide bonds. The molecule has 4 rings (SSSR count). The van der Waals surface area contributed by atoms with Crippen LogP contribution in [0.2, 0.25) is 0 Å². The van der Waals surface area contributed by atoms with Crippen LogP contribution >= 0.6 is 11.3 Å². The monoisotopic (exact) mass is 344 g/mol. The largest absolute Gasteiger partial charge is 0.454 e. The summed E-state index contributed by atoms with van der Waals surface area (Å²) in [5, 5.41) is 4.41. The molecule has 0 bridgehead atoms. The Morgan fingerprint density at radius 2 is 1.88 bits per heavy atom. The summed E-state index contributed by atoms with van der Waals surface area (Å²) >= 11 is 1.78. The number of benzene rings is 1. The second kappa shape index (κ2) is 7.13. The fourth-order valence-corrected chi connectivity index (χ4v) is 4.15. The first-order valence-electron chi connectivity index (χ1n) is 8.61. The number of ether oxygens (including phenoxy) is 2. The molecule has 0 saturated heterocycles. The molecule has 2 aromatic rings. The minimum atomic E-state index is 0.361. The molecule has 4 nitrogen and oxygen atoms in total. The Kier molecular flexibility index (Phi) is 4.74. The SMILES string of the molecule is CN(CCCN1Cc2cc3c(cc2C1)OCO3)CCc1ccsc1. The summed E-state index contributed by atoms with van der Waals surface area (Å²) in [6.45, 7) is 5.86. The number of hydrogen-bond acceptors (Lipinski definition) is 5. The van der Waals surface area contributed by atoms with Crippen LogP contribution in [0.25, 0.3) is 0 Å². The van der Waals surface area contributed by atoms with Gasteiger partial charge in [-0.3, -0.25) is 4.90 Å². The Morgan fingerprint density at radius 3 is 2.54 bits per heavy atom. The lowest BCUT2D eigenvalue weighted by Gasteiger charge is -2.19. The van der Waals surface area contributed by atoms with E-state index in [0.29, 0.717) is 6.79 Å². The van der Waals surface area contributed by atoms with Gasteiger partial charge in [0.15, 0.2) is 11.5 Å². The van der Waals surface area contributed by atoms with Crippen LogP contribution in [-0.2, 0) is 19.5 Å². The zero-order valence-electron chi connectivity index (χ0n) is 14.2. The average Bonchev–Trinajstić information content (AvgIpc) is 3.30. The number of rotatable bonds is 7. The van der Waals surface area contributed by atoms with Crippen molar-refractivity contribution in [3.8, 4) is 11.5 Å². The third-order valence-corrected chi connectivity index (χ3v) is 5.59. The second-order valence-electron chi connectivity index (χ2n) is 6.72. The van der Waals surface area contributed by atoms with Crippen LogP contribution in [0.3, 0.4) is 0 Å². The standard InChI is InChI=1S/C19H24N2O2S/c1-20(7-3-15-4-8-24-13-15)5-2-6-21-11-16-9-18-19(23-14-22-18)10-17(16)12-21/h4,8-10,13H,2-3,5-7,11-12,14H2,1H3. The molecule has 0 atom stereocenters. The van der Waals surface area contributed by atoms with E-state index >= 15 is 0 Å². The maximum absolute atomic E-state index is 5.48. The molecule has 128 valence electrons. The molecule has 0 saturated carbocycles. The van der Waals surface area contributed by atoms with E-state index in [0.717, 1.165) is 50.6 Å². The smallest absolute Gasteiger partial charge is 0.231 e. The zero-order valence-corrected chi connectivity index (χ0v) is 15.0. The molecule has 5 heteroatoms. The van der Waals surface area contributed by atoms with Crippen molar-refractivity contribution in [3.05, 3.63) is 45.6 Å². The molecule has 0 unspecified atom stereocenters. The van der Waals surface area contributed by atoms with Crippen LogP contribution < -0.4 is 9.47 Å². The van der Waals surface area contributed by atoms with Gasteiger partial charge in [-0.15, -0.1) is 0 Å². The van der Waals surface area contributed by atoms with Crippen molar-refractivity contribution in [3.63, 3.8) is 0 Å². The van der Waals surface area contributed by atoms with Crippen LogP contribution in [0.15, 0.2) is 29.0 Å². The lowest BCUT2D eigenvalue weighted by atomic mass is 10.1. The van der Waals surface area contributed by atoms with Gasteiger partial charge in [0.2, 0.25) is 6.79 Å². The van der Waals surface area contributed by atoms with Crippen molar-refractivity contribution < 1.29 is 9.47 Å². The van der Waals surface area contributed by atoms with E-state index in [9.17, 15) is 0 Å². The van der Waals surface area contributed by atoms with E-state index in [1.54, 1.807) is 11.3 Å². The topological polar surface area (TPSA) is 24.9 Å². The lowest BCUT2D eigenvalue weighted by molar-refractivity contribution is 0.173. The molecule has 0 N–H and O–H groups in total. The maximum atomic E-state index is 5.48. The minimum absolute atomic E-state index is 0.361. The van der Waals surface area contributed by atoms with Crippen molar-refractivity contribution in [1.29, 1.82) is 0 Å². The summed E-state index contributed by atoms with van der Waals surface area (Å²) in [6.07, 6.45) is 2.36. The predicted octanol–water partition coefficient (Wildman–Crippen LogP) is 3.36. The van der Waals surface area contributed by atoms with Crippen LogP contribution in [0.4, 0.5) is 0 Å². The first kappa shape index (κ1) is 15.9. The van der Waals surface area contributed by atoms with Crippen molar-refractivity contribution in [2.24, 2.45) is 0 Å². The molecule has 1 aromatic heterocycles. The minimum Gasteiger partial charge on any atom is -0.454 e. The molecule has 2 aliphatic rings. The molecule has 24 heavy (non-hydrogen) atoms. The Bertz CT molecular complexity index is 654. The summed E-state index contributed by atoms with van der Waals surface area (Å²) in [5.41, 5.74) is 4.24. The summed E-state index contributed by atoms with van der Waals surface area (Å²) in [7, 11) is 2.23. The van der Waals surface area contributed by atoms with Crippen molar-refractivity contribution >= 4 is 11.3 Å². The molecular weight excluding hydrogens is 320 g/mol. The Labute approximate surface area is 147 Å². The highest BCUT2D eigenvalue weighted by atomic mass is 32.1. The quantitative estimate of drug-likeness (QED) is 0.769. The van der Waals surface area contributed by atoms with Crippen molar-refractivity contribution in [2.45, 2.75) is 25.9 Å². The van der Waals surface area contributed by atoms with Gasteiger partial charge in [0.1, 0.15) is 0 Å². The highest BCUT2D eigenvalue weighted by Crippen LogP contribution is 2.37. The Balaban J connectivity index is 1.20. The summed E-state index contributed by atoms with van der Waals surface area (Å²) in [6, 6.07) is 6.54. The number of fused-ring (bicyclic) bond motifs is 2. The molecule has 1 aromatic carbocycles. The number of nitrogens with zero attached hydrogens (tertiary/aromatic N) is 2. The normalized spacial score (nSPS) is 16.1. The van der Waals surface area contributed by atoms with Gasteiger partial charge in [-0.2, -0.15) is 11.3 Å². The van der Waals surface area contributed by atoms with Crippen LogP contribution in [-0.4, -0.2) is 43.3 Å². The molecule has 0 fully saturated rings. The van der Waals surface area contributed by atoms with Gasteiger partial charge in [-0.05, 0) is 72.1 Å². The third kappa shape index (κ3) is 3.58. The third-order valence-electron chi connectivity index (χ3n) is 4.86. The number of hydrogen-bond donors (Lipinski definition) is 0. The summed E-state index contributed by atoms with van der Waals surface area (Å²) < 4.78 is 11.0. The van der Waals surface area contributed by atoms with Crippen LogP contribution in [0, 0.1) is 0 Å².